The Labute approximate surface area is 618 Å². The molecule has 8 aromatic rings. The summed E-state index contributed by atoms with van der Waals surface area (Å²) in [6, 6.07) is 16.7. The van der Waals surface area contributed by atoms with Crippen molar-refractivity contribution in [3.8, 4) is 0 Å². The Morgan fingerprint density at radius 1 is 0.393 bits per heavy atom. The number of carboxylic acids is 1. The Kier molecular flexibility index (Phi) is 30.0. The van der Waals surface area contributed by atoms with E-state index in [4.69, 9.17) is 44.9 Å². The number of carboxylic acid groups (broad SMARTS) is 1. The Morgan fingerprint density at radius 2 is 0.682 bits per heavy atom. The van der Waals surface area contributed by atoms with Crippen molar-refractivity contribution in [1.82, 2.24) is 78.4 Å². The van der Waals surface area contributed by atoms with Crippen molar-refractivity contribution < 1.29 is 48.3 Å². The fourth-order valence-electron chi connectivity index (χ4n) is 12.8. The maximum atomic E-state index is 15.5. The van der Waals surface area contributed by atoms with Crippen LogP contribution in [0.2, 0.25) is 0 Å². The zero-order chi connectivity index (χ0) is 77.1. The molecule has 33 heteroatoms. The molecule has 29 N–H and O–H groups in total. The zero-order valence-corrected chi connectivity index (χ0v) is 60.1. The van der Waals surface area contributed by atoms with Crippen LogP contribution in [0.3, 0.4) is 0 Å². The first-order valence-corrected chi connectivity index (χ1v) is 36.0. The highest BCUT2D eigenvalue weighted by molar-refractivity contribution is 6.00. The standard InChI is InChI=1S/C74H101N23O10/c1-3-41(2)62(97-69(104)61(36-45-40-89-54-25-11-7-20-49(45)54)96-68(103)60(35-44-39-88-53-24-10-6-19-48(44)53)93-64(99)55(26-14-30-83-72(77)78)90-63(98)50(76)21-12-13-29-75)70(105)91-56(27-15-31-84-73(79)80)65(100)94-59(34-43-38-87-52-23-9-5-18-47(43)52)67(102)95-58(33-42-37-86-51-22-8-4-17-46(42)51)66(101)92-57(71(106)107)28-16-32-85-74(81)82/h4-11,17-20,22-25,37-41,50,55-62,86-89H,3,12-16,21,26-36,75-76H2,1-2H3,(H,90,98)(H,91,105)(H,92,101)(H,93,99)(H,94,100)(H,95,102)(H,96,103)(H,97,104)(H,106,107)(H4,77,78,83)(H4,79,80,84)(H4,81,82,85)/t41-,50-,55-,56-,57-,58-,59-,60-,61-,62-/m0/s1. The molecule has 0 aliphatic carbocycles. The second-order valence-electron chi connectivity index (χ2n) is 26.7. The van der Waals surface area contributed by atoms with Crippen molar-refractivity contribution in [1.29, 1.82) is 16.2 Å². The van der Waals surface area contributed by atoms with Crippen LogP contribution < -0.4 is 87.2 Å². The number of para-hydroxylation sites is 4. The summed E-state index contributed by atoms with van der Waals surface area (Å²) < 4.78 is 0. The van der Waals surface area contributed by atoms with E-state index >= 15 is 24.0 Å². The van der Waals surface area contributed by atoms with Gasteiger partial charge >= 0.3 is 5.97 Å². The van der Waals surface area contributed by atoms with Crippen LogP contribution in [0.4, 0.5) is 0 Å². The molecule has 0 unspecified atom stereocenters. The van der Waals surface area contributed by atoms with Crippen LogP contribution in [0.15, 0.2) is 122 Å². The lowest BCUT2D eigenvalue weighted by Crippen LogP contribution is -2.62. The van der Waals surface area contributed by atoms with Gasteiger partial charge in [-0.25, -0.2) is 4.79 Å². The topological polar surface area (TPSA) is 571 Å². The highest BCUT2D eigenvalue weighted by Crippen LogP contribution is 2.25. The molecule has 8 amide bonds. The summed E-state index contributed by atoms with van der Waals surface area (Å²) in [6.07, 6.45) is 8.23. The van der Waals surface area contributed by atoms with E-state index < -0.39 is 114 Å². The molecule has 4 aromatic carbocycles. The van der Waals surface area contributed by atoms with E-state index in [1.165, 1.54) is 0 Å². The molecule has 4 aromatic heterocycles. The number of hydrogen-bond acceptors (Lipinski definition) is 14. The van der Waals surface area contributed by atoms with Gasteiger partial charge in [0.15, 0.2) is 17.9 Å². The van der Waals surface area contributed by atoms with Gasteiger partial charge < -0.3 is 112 Å². The minimum Gasteiger partial charge on any atom is -0.480 e. The summed E-state index contributed by atoms with van der Waals surface area (Å²) in [5.74, 6) is -9.45. The normalized spacial score (nSPS) is 14.1. The van der Waals surface area contributed by atoms with Crippen LogP contribution in [0.25, 0.3) is 43.6 Å². The number of nitrogens with one attached hydrogen (secondary N) is 18. The molecule has 0 fully saturated rings. The Bertz CT molecular complexity index is 4410. The van der Waals surface area contributed by atoms with Crippen LogP contribution in [0, 0.1) is 22.1 Å². The maximum Gasteiger partial charge on any atom is 0.326 e. The highest BCUT2D eigenvalue weighted by Gasteiger charge is 2.38. The predicted molar refractivity (Wildman–Crippen MR) is 409 cm³/mol. The van der Waals surface area contributed by atoms with E-state index in [1.807, 2.05) is 84.9 Å². The molecule has 0 bridgehead atoms. The molecular weight excluding hydrogens is 1370 g/mol. The van der Waals surface area contributed by atoms with E-state index in [1.54, 1.807) is 50.8 Å². The van der Waals surface area contributed by atoms with Crippen molar-refractivity contribution in [2.45, 2.75) is 158 Å². The lowest BCUT2D eigenvalue weighted by Gasteiger charge is -2.30. The van der Waals surface area contributed by atoms with Crippen LogP contribution in [-0.4, -0.2) is 177 Å². The number of carbonyl (C=O) groups excluding carboxylic acids is 8. The summed E-state index contributed by atoms with van der Waals surface area (Å²) >= 11 is 0. The third-order valence-corrected chi connectivity index (χ3v) is 18.9. The molecule has 0 aliphatic heterocycles. The monoisotopic (exact) mass is 1470 g/mol. The molecular formula is C74H101N23O10. The minimum atomic E-state index is -1.50. The molecule has 4 heterocycles. The van der Waals surface area contributed by atoms with Crippen molar-refractivity contribution in [3.05, 3.63) is 144 Å². The highest BCUT2D eigenvalue weighted by atomic mass is 16.4. The van der Waals surface area contributed by atoms with Crippen LogP contribution >= 0.6 is 0 Å². The quantitative estimate of drug-likeness (QED) is 0.0145. The van der Waals surface area contributed by atoms with Gasteiger partial charge in [-0.15, -0.1) is 0 Å². The second-order valence-corrected chi connectivity index (χ2v) is 26.7. The average molecular weight is 1470 g/mol. The van der Waals surface area contributed by atoms with Gasteiger partial charge in [-0.1, -0.05) is 99.5 Å². The number of aliphatic carboxylic acids is 1. The molecule has 8 rings (SSSR count). The van der Waals surface area contributed by atoms with Crippen molar-refractivity contribution in [3.63, 3.8) is 0 Å². The third-order valence-electron chi connectivity index (χ3n) is 18.9. The van der Waals surface area contributed by atoms with E-state index in [0.717, 1.165) is 32.7 Å². The van der Waals surface area contributed by atoms with Crippen molar-refractivity contribution in [2.75, 3.05) is 26.2 Å². The molecule has 0 aliphatic rings. The first kappa shape index (κ1) is 80.7. The maximum absolute atomic E-state index is 15.5. The van der Waals surface area contributed by atoms with Crippen molar-refractivity contribution in [2.24, 2.45) is 34.6 Å². The van der Waals surface area contributed by atoms with Gasteiger partial charge in [-0.05, 0) is 110 Å². The Balaban J connectivity index is 1.10. The third kappa shape index (κ3) is 23.5. The number of unbranched alkanes of at least 4 members (excludes halogenated alkanes) is 1. The van der Waals surface area contributed by atoms with E-state index in [2.05, 4.69) is 78.4 Å². The average Bonchev–Trinajstić information content (AvgIpc) is 1.81. The number of nitrogens with two attached hydrogens (primary N) is 5. The number of H-pyrrole nitrogens is 4. The van der Waals surface area contributed by atoms with E-state index in [0.29, 0.717) is 59.0 Å². The smallest absolute Gasteiger partial charge is 0.326 e. The molecule has 33 nitrogen and oxygen atoms in total. The first-order chi connectivity index (χ1) is 51.4. The number of benzene rings is 4. The fraction of sp³-hybridized carbons (Fsp3) is 0.405. The van der Waals surface area contributed by atoms with Gasteiger partial charge in [0.25, 0.3) is 0 Å². The van der Waals surface area contributed by atoms with Gasteiger partial charge in [-0.3, -0.25) is 54.6 Å². The minimum absolute atomic E-state index is 0.0227. The summed E-state index contributed by atoms with van der Waals surface area (Å²) in [6.45, 7) is 4.25. The summed E-state index contributed by atoms with van der Waals surface area (Å²) in [5, 5.41) is 66.8. The van der Waals surface area contributed by atoms with E-state index in [-0.39, 0.29) is 108 Å². The second kappa shape index (κ2) is 39.8. The number of aromatic amines is 4. The summed E-state index contributed by atoms with van der Waals surface area (Å²) in [5.41, 5.74) is 34.0. The van der Waals surface area contributed by atoms with Crippen molar-refractivity contribution >= 4 is 115 Å². The lowest BCUT2D eigenvalue weighted by atomic mass is 9.96. The molecule has 572 valence electrons. The zero-order valence-electron chi connectivity index (χ0n) is 60.1. The van der Waals surface area contributed by atoms with Gasteiger partial charge in [0.1, 0.15) is 48.3 Å². The molecule has 107 heavy (non-hydrogen) atoms. The number of hydrogen-bond donors (Lipinski definition) is 24. The van der Waals surface area contributed by atoms with Crippen LogP contribution in [0.5, 0.6) is 0 Å². The van der Waals surface area contributed by atoms with Gasteiger partial charge in [0, 0.05) is 114 Å². The molecule has 0 radical (unpaired) electrons. The SMILES string of the molecule is CC[C@H](C)[C@H](NC(=O)[C@H](Cc1c[nH]c2ccccc12)NC(=O)[C@H](Cc1c[nH]c2ccccc12)NC(=O)[C@H](CCCNC(=N)N)NC(=O)[C@@H](N)CCCCN)C(=O)N[C@@H](CCCNC(=N)N)C(=O)N[C@@H](Cc1c[nH]c2ccccc12)C(=O)N[C@@H](Cc1c[nH]c2ccccc12)C(=O)N[C@@H](CCCNC(=N)N)C(=O)O. The van der Waals surface area contributed by atoms with E-state index in [9.17, 15) is 24.3 Å². The molecule has 10 atom stereocenters. The number of carbonyl (C=O) groups is 9. The first-order valence-electron chi connectivity index (χ1n) is 36.0. The number of fused-ring (bicyclic) bond motifs is 4. The van der Waals surface area contributed by atoms with Gasteiger partial charge in [0.2, 0.25) is 47.3 Å². The number of aromatic nitrogens is 4. The lowest BCUT2D eigenvalue weighted by molar-refractivity contribution is -0.142. The Hall–Kier alpha value is -12.0. The molecule has 0 saturated heterocycles. The van der Waals surface area contributed by atoms with Crippen LogP contribution in [0.1, 0.15) is 100 Å². The van der Waals surface area contributed by atoms with Gasteiger partial charge in [0.05, 0.1) is 6.04 Å². The summed E-state index contributed by atoms with van der Waals surface area (Å²) in [4.78, 5) is 145. The Morgan fingerprint density at radius 3 is 1.00 bits per heavy atom. The molecule has 0 saturated carbocycles. The predicted octanol–water partition coefficient (Wildman–Crippen LogP) is 1.14. The molecule has 0 spiro atoms. The number of rotatable bonds is 43. The van der Waals surface area contributed by atoms with Gasteiger partial charge in [-0.2, -0.15) is 0 Å². The number of amides is 8. The summed E-state index contributed by atoms with van der Waals surface area (Å²) in [7, 11) is 0. The number of guanidine groups is 3. The fourth-order valence-corrected chi connectivity index (χ4v) is 12.8. The largest absolute Gasteiger partial charge is 0.480 e. The van der Waals surface area contributed by atoms with Crippen LogP contribution in [-0.2, 0) is 68.8 Å².